The summed E-state index contributed by atoms with van der Waals surface area (Å²) in [4.78, 5) is 16.9. The highest BCUT2D eigenvalue weighted by molar-refractivity contribution is 7.15. The quantitative estimate of drug-likeness (QED) is 0.555. The Hall–Kier alpha value is -2.93. The van der Waals surface area contributed by atoms with Crippen LogP contribution in [0.5, 0.6) is 0 Å². The lowest BCUT2D eigenvalue weighted by molar-refractivity contribution is -0.137. The number of anilines is 1. The van der Waals surface area contributed by atoms with Crippen molar-refractivity contribution in [2.45, 2.75) is 19.5 Å². The van der Waals surface area contributed by atoms with Crippen molar-refractivity contribution in [1.29, 1.82) is 0 Å². The van der Waals surface area contributed by atoms with Gasteiger partial charge in [0.2, 0.25) is 5.91 Å². The van der Waals surface area contributed by atoms with E-state index < -0.39 is 11.7 Å². The summed E-state index contributed by atoms with van der Waals surface area (Å²) in [5.74, 6) is -0.318. The zero-order valence-electron chi connectivity index (χ0n) is 15.0. The molecule has 0 spiro atoms. The monoisotopic (exact) mass is 402 g/mol. The Labute approximate surface area is 164 Å². The van der Waals surface area contributed by atoms with E-state index in [0.29, 0.717) is 17.1 Å². The second-order valence-electron chi connectivity index (χ2n) is 6.24. The lowest BCUT2D eigenvalue weighted by Gasteiger charge is -2.07. The molecule has 0 saturated carbocycles. The average molecular weight is 402 g/mol. The molecule has 7 heteroatoms. The molecule has 0 aliphatic carbocycles. The predicted octanol–water partition coefficient (Wildman–Crippen LogP) is 5.71. The largest absolute Gasteiger partial charge is 0.416 e. The fourth-order valence-corrected chi connectivity index (χ4v) is 3.45. The van der Waals surface area contributed by atoms with Gasteiger partial charge in [-0.2, -0.15) is 13.2 Å². The van der Waals surface area contributed by atoms with Crippen LogP contribution in [0.3, 0.4) is 0 Å². The number of hydrogen-bond acceptors (Lipinski definition) is 3. The zero-order valence-corrected chi connectivity index (χ0v) is 15.8. The topological polar surface area (TPSA) is 42.0 Å². The van der Waals surface area contributed by atoms with Crippen LogP contribution >= 0.6 is 11.3 Å². The number of thiazole rings is 1. The van der Waals surface area contributed by atoms with E-state index in [-0.39, 0.29) is 5.91 Å². The maximum absolute atomic E-state index is 12.8. The highest BCUT2D eigenvalue weighted by Gasteiger charge is 2.30. The predicted molar refractivity (Wildman–Crippen MR) is 105 cm³/mol. The molecule has 0 aliphatic heterocycles. The molecular weight excluding hydrogens is 385 g/mol. The number of aromatic nitrogens is 1. The molecule has 0 unspecified atom stereocenters. The van der Waals surface area contributed by atoms with Gasteiger partial charge in [0, 0.05) is 23.6 Å². The Kier molecular flexibility index (Phi) is 5.94. The summed E-state index contributed by atoms with van der Waals surface area (Å²) >= 11 is 1.24. The van der Waals surface area contributed by atoms with Crippen molar-refractivity contribution in [2.24, 2.45) is 0 Å². The molecule has 144 valence electrons. The summed E-state index contributed by atoms with van der Waals surface area (Å²) in [5.41, 5.74) is 1.88. The van der Waals surface area contributed by atoms with Gasteiger partial charge in [-0.1, -0.05) is 48.0 Å². The van der Waals surface area contributed by atoms with Gasteiger partial charge in [-0.25, -0.2) is 4.98 Å². The number of aryl methyl sites for hydroxylation is 1. The highest BCUT2D eigenvalue weighted by atomic mass is 32.1. The third-order valence-corrected chi connectivity index (χ3v) is 4.80. The second kappa shape index (κ2) is 8.39. The normalized spacial score (nSPS) is 11.7. The minimum absolute atomic E-state index is 0.316. The van der Waals surface area contributed by atoms with Gasteiger partial charge in [-0.3, -0.25) is 10.1 Å². The minimum atomic E-state index is -4.37. The van der Waals surface area contributed by atoms with Crippen LogP contribution in [-0.2, 0) is 17.4 Å². The zero-order chi connectivity index (χ0) is 20.1. The summed E-state index contributed by atoms with van der Waals surface area (Å²) < 4.78 is 38.4. The summed E-state index contributed by atoms with van der Waals surface area (Å²) in [6, 6.07) is 12.9. The molecule has 2 aromatic carbocycles. The fourth-order valence-electron chi connectivity index (χ4n) is 2.60. The summed E-state index contributed by atoms with van der Waals surface area (Å²) in [5, 5.41) is 3.07. The maximum atomic E-state index is 12.8. The molecule has 28 heavy (non-hydrogen) atoms. The SMILES string of the molecule is Cc1cccc(/C=C/C(=O)Nc2ncc(Cc3cccc(C(F)(F)F)c3)s2)c1. The van der Waals surface area contributed by atoms with Crippen LogP contribution in [0.15, 0.2) is 60.8 Å². The van der Waals surface area contributed by atoms with E-state index in [4.69, 9.17) is 0 Å². The Morgan fingerprint density at radius 1 is 1.18 bits per heavy atom. The van der Waals surface area contributed by atoms with Gasteiger partial charge in [0.15, 0.2) is 5.13 Å². The number of carbonyl (C=O) groups excluding carboxylic acids is 1. The molecule has 0 aliphatic rings. The molecule has 0 bridgehead atoms. The van der Waals surface area contributed by atoms with Crippen molar-refractivity contribution in [3.63, 3.8) is 0 Å². The van der Waals surface area contributed by atoms with Crippen LogP contribution in [0.25, 0.3) is 6.08 Å². The molecule has 0 fully saturated rings. The summed E-state index contributed by atoms with van der Waals surface area (Å²) in [7, 11) is 0. The van der Waals surface area contributed by atoms with Gasteiger partial charge in [-0.15, -0.1) is 11.3 Å². The molecule has 1 N–H and O–H groups in total. The summed E-state index contributed by atoms with van der Waals surface area (Å²) in [6.45, 7) is 1.97. The molecule has 0 radical (unpaired) electrons. The molecule has 0 saturated heterocycles. The van der Waals surface area contributed by atoms with Gasteiger partial charge >= 0.3 is 6.18 Å². The minimum Gasteiger partial charge on any atom is -0.298 e. The van der Waals surface area contributed by atoms with Crippen LogP contribution in [0.4, 0.5) is 18.3 Å². The van der Waals surface area contributed by atoms with Crippen molar-refractivity contribution in [1.82, 2.24) is 4.98 Å². The fraction of sp³-hybridized carbons (Fsp3) is 0.143. The van der Waals surface area contributed by atoms with E-state index in [1.165, 1.54) is 23.5 Å². The van der Waals surface area contributed by atoms with Crippen LogP contribution < -0.4 is 5.32 Å². The van der Waals surface area contributed by atoms with E-state index in [2.05, 4.69) is 10.3 Å². The first-order valence-electron chi connectivity index (χ1n) is 8.46. The lowest BCUT2D eigenvalue weighted by Crippen LogP contribution is -2.07. The van der Waals surface area contributed by atoms with Crippen molar-refractivity contribution in [2.75, 3.05) is 5.32 Å². The van der Waals surface area contributed by atoms with E-state index in [1.807, 2.05) is 31.2 Å². The second-order valence-corrected chi connectivity index (χ2v) is 7.36. The Morgan fingerprint density at radius 2 is 1.96 bits per heavy atom. The number of amides is 1. The number of benzene rings is 2. The van der Waals surface area contributed by atoms with Crippen molar-refractivity contribution < 1.29 is 18.0 Å². The Balaban J connectivity index is 1.62. The smallest absolute Gasteiger partial charge is 0.298 e. The van der Waals surface area contributed by atoms with Gasteiger partial charge < -0.3 is 0 Å². The molecule has 3 nitrogen and oxygen atoms in total. The molecule has 3 rings (SSSR count). The van der Waals surface area contributed by atoms with Crippen molar-refractivity contribution in [3.05, 3.63) is 87.9 Å². The number of carbonyl (C=O) groups is 1. The van der Waals surface area contributed by atoms with Crippen molar-refractivity contribution in [3.8, 4) is 0 Å². The molecular formula is C21H17F3N2OS. The van der Waals surface area contributed by atoms with Gasteiger partial charge in [0.25, 0.3) is 0 Å². The standard InChI is InChI=1S/C21H17F3N2OS/c1-14-4-2-5-15(10-14)8-9-19(27)26-20-25-13-18(28-20)12-16-6-3-7-17(11-16)21(22,23)24/h2-11,13H,12H2,1H3,(H,25,26,27)/b9-8+. The first-order valence-corrected chi connectivity index (χ1v) is 9.28. The van der Waals surface area contributed by atoms with Gasteiger partial charge in [-0.05, 0) is 30.2 Å². The first-order chi connectivity index (χ1) is 13.3. The molecule has 0 atom stereocenters. The maximum Gasteiger partial charge on any atom is 0.416 e. The van der Waals surface area contributed by atoms with Crippen molar-refractivity contribution >= 4 is 28.5 Å². The Morgan fingerprint density at radius 3 is 2.71 bits per heavy atom. The van der Waals surface area contributed by atoms with Crippen LogP contribution in [-0.4, -0.2) is 10.9 Å². The van der Waals surface area contributed by atoms with Gasteiger partial charge in [0.1, 0.15) is 0 Å². The van der Waals surface area contributed by atoms with Crippen LogP contribution in [0.2, 0.25) is 0 Å². The van der Waals surface area contributed by atoms with Crippen LogP contribution in [0, 0.1) is 6.92 Å². The third kappa shape index (κ3) is 5.53. The molecule has 3 aromatic rings. The highest BCUT2D eigenvalue weighted by Crippen LogP contribution is 2.30. The number of halogens is 3. The third-order valence-electron chi connectivity index (χ3n) is 3.89. The van der Waals surface area contributed by atoms with E-state index in [0.717, 1.165) is 28.1 Å². The lowest BCUT2D eigenvalue weighted by atomic mass is 10.1. The van der Waals surface area contributed by atoms with Gasteiger partial charge in [0.05, 0.1) is 5.56 Å². The number of hydrogen-bond donors (Lipinski definition) is 1. The van der Waals surface area contributed by atoms with E-state index >= 15 is 0 Å². The number of rotatable bonds is 5. The average Bonchev–Trinajstić information content (AvgIpc) is 3.06. The number of alkyl halides is 3. The summed E-state index contributed by atoms with van der Waals surface area (Å²) in [6.07, 6.45) is 0.635. The van der Waals surface area contributed by atoms with E-state index in [1.54, 1.807) is 18.3 Å². The number of nitrogens with zero attached hydrogens (tertiary/aromatic N) is 1. The molecule has 1 aromatic heterocycles. The number of nitrogens with one attached hydrogen (secondary N) is 1. The molecule has 1 amide bonds. The molecule has 1 heterocycles. The van der Waals surface area contributed by atoms with Crippen LogP contribution in [0.1, 0.15) is 27.1 Å². The van der Waals surface area contributed by atoms with E-state index in [9.17, 15) is 18.0 Å². The first kappa shape index (κ1) is 19.8. The Bertz CT molecular complexity index is 1010.